The molecule has 0 fully saturated rings. The molecule has 0 spiro atoms. The fourth-order valence-electron chi connectivity index (χ4n) is 1.19. The van der Waals surface area contributed by atoms with Gasteiger partial charge in [-0.25, -0.2) is 0 Å². The molecule has 0 aliphatic carbocycles. The first kappa shape index (κ1) is 28.6. The van der Waals surface area contributed by atoms with Gasteiger partial charge in [-0.15, -0.1) is 37.2 Å². The number of rotatable bonds is 8. The SMILES string of the molecule is CC(C)(S)CNCC(CN)NCC(C)(C)S.Cl.Cl.Cl. The van der Waals surface area contributed by atoms with E-state index in [4.69, 9.17) is 5.73 Å². The molecule has 122 valence electrons. The van der Waals surface area contributed by atoms with Gasteiger partial charge in [0.15, 0.2) is 0 Å². The summed E-state index contributed by atoms with van der Waals surface area (Å²) in [5, 5.41) is 6.78. The van der Waals surface area contributed by atoms with Crippen molar-refractivity contribution < 1.29 is 0 Å². The Morgan fingerprint density at radius 1 is 0.947 bits per heavy atom. The van der Waals surface area contributed by atoms with Crippen molar-refractivity contribution in [1.82, 2.24) is 10.6 Å². The van der Waals surface area contributed by atoms with Gasteiger partial charge in [-0.2, -0.15) is 25.3 Å². The standard InChI is InChI=1S/C11H27N3S2.3ClH/c1-10(2,15)7-13-6-9(5-12)14-8-11(3,4)16;;;/h9,13-16H,5-8,12H2,1-4H3;3*1H. The van der Waals surface area contributed by atoms with Crippen molar-refractivity contribution in [2.45, 2.75) is 43.2 Å². The summed E-state index contributed by atoms with van der Waals surface area (Å²) in [5.41, 5.74) is 5.71. The highest BCUT2D eigenvalue weighted by Crippen LogP contribution is 2.10. The molecule has 0 bridgehead atoms. The molecule has 3 nitrogen and oxygen atoms in total. The predicted octanol–water partition coefficient (Wildman–Crippen LogP) is 2.18. The van der Waals surface area contributed by atoms with E-state index in [1.807, 2.05) is 0 Å². The third-order valence-electron chi connectivity index (χ3n) is 2.06. The molecule has 0 aromatic rings. The van der Waals surface area contributed by atoms with Crippen molar-refractivity contribution in [3.63, 3.8) is 0 Å². The monoisotopic (exact) mass is 373 g/mol. The fourth-order valence-corrected chi connectivity index (χ4v) is 1.39. The lowest BCUT2D eigenvalue weighted by Gasteiger charge is -2.25. The summed E-state index contributed by atoms with van der Waals surface area (Å²) in [6.45, 7) is 11.6. The Morgan fingerprint density at radius 2 is 1.37 bits per heavy atom. The third kappa shape index (κ3) is 21.9. The fraction of sp³-hybridized carbons (Fsp3) is 1.00. The van der Waals surface area contributed by atoms with Crippen LogP contribution < -0.4 is 16.4 Å². The molecule has 19 heavy (non-hydrogen) atoms. The lowest BCUT2D eigenvalue weighted by Crippen LogP contribution is -2.48. The Kier molecular flexibility index (Phi) is 19.8. The van der Waals surface area contributed by atoms with E-state index >= 15 is 0 Å². The van der Waals surface area contributed by atoms with E-state index < -0.39 is 0 Å². The molecule has 0 aromatic heterocycles. The van der Waals surface area contributed by atoms with Crippen LogP contribution in [0.4, 0.5) is 0 Å². The first-order valence-electron chi connectivity index (χ1n) is 5.73. The van der Waals surface area contributed by atoms with Crippen molar-refractivity contribution in [1.29, 1.82) is 0 Å². The van der Waals surface area contributed by atoms with Crippen molar-refractivity contribution >= 4 is 62.5 Å². The minimum atomic E-state index is -0.00373. The van der Waals surface area contributed by atoms with Crippen LogP contribution in [0.2, 0.25) is 0 Å². The first-order valence-corrected chi connectivity index (χ1v) is 6.62. The molecule has 0 heterocycles. The number of nitrogens with one attached hydrogen (secondary N) is 2. The van der Waals surface area contributed by atoms with Crippen LogP contribution in [0.3, 0.4) is 0 Å². The van der Waals surface area contributed by atoms with Crippen molar-refractivity contribution in [2.24, 2.45) is 5.73 Å². The van der Waals surface area contributed by atoms with E-state index in [-0.39, 0.29) is 46.7 Å². The van der Waals surface area contributed by atoms with Crippen molar-refractivity contribution in [3.05, 3.63) is 0 Å². The first-order chi connectivity index (χ1) is 7.14. The molecular weight excluding hydrogens is 345 g/mol. The van der Waals surface area contributed by atoms with Gasteiger partial charge in [0.2, 0.25) is 0 Å². The highest BCUT2D eigenvalue weighted by molar-refractivity contribution is 7.82. The molecule has 1 unspecified atom stereocenters. The summed E-state index contributed by atoms with van der Waals surface area (Å²) in [6, 6.07) is 0.294. The van der Waals surface area contributed by atoms with E-state index in [1.54, 1.807) is 0 Å². The molecule has 4 N–H and O–H groups in total. The van der Waals surface area contributed by atoms with Gasteiger partial charge in [0.25, 0.3) is 0 Å². The largest absolute Gasteiger partial charge is 0.329 e. The van der Waals surface area contributed by atoms with Crippen LogP contribution in [0.1, 0.15) is 27.7 Å². The lowest BCUT2D eigenvalue weighted by molar-refractivity contribution is 0.449. The molecule has 0 aliphatic heterocycles. The van der Waals surface area contributed by atoms with Crippen LogP contribution >= 0.6 is 62.5 Å². The lowest BCUT2D eigenvalue weighted by atomic mass is 10.1. The van der Waals surface area contributed by atoms with Crippen LogP contribution in [0.15, 0.2) is 0 Å². The Bertz CT molecular complexity index is 197. The van der Waals surface area contributed by atoms with Gasteiger partial charge in [-0.3, -0.25) is 0 Å². The molecule has 0 aromatic carbocycles. The quantitative estimate of drug-likeness (QED) is 0.423. The number of nitrogens with two attached hydrogens (primary N) is 1. The van der Waals surface area contributed by atoms with Gasteiger partial charge in [0, 0.05) is 41.7 Å². The molecular formula is C11H30Cl3N3S2. The maximum absolute atomic E-state index is 5.71. The number of hydrogen-bond acceptors (Lipinski definition) is 5. The topological polar surface area (TPSA) is 50.1 Å². The molecule has 1 atom stereocenters. The molecule has 0 amide bonds. The molecule has 0 rings (SSSR count). The van der Waals surface area contributed by atoms with Gasteiger partial charge < -0.3 is 16.4 Å². The Balaban J connectivity index is -0.000000375. The van der Waals surface area contributed by atoms with E-state index in [0.29, 0.717) is 12.6 Å². The van der Waals surface area contributed by atoms with E-state index in [2.05, 4.69) is 63.6 Å². The molecule has 8 heteroatoms. The second-order valence-corrected chi connectivity index (χ2v) is 7.99. The maximum atomic E-state index is 5.71. The summed E-state index contributed by atoms with van der Waals surface area (Å²) in [7, 11) is 0. The summed E-state index contributed by atoms with van der Waals surface area (Å²) < 4.78 is 0.0121. The number of thiol groups is 2. The average Bonchev–Trinajstić information content (AvgIpc) is 2.07. The van der Waals surface area contributed by atoms with E-state index in [0.717, 1.165) is 19.6 Å². The van der Waals surface area contributed by atoms with Gasteiger partial charge in [0.05, 0.1) is 0 Å². The van der Waals surface area contributed by atoms with Gasteiger partial charge in [-0.1, -0.05) is 0 Å². The summed E-state index contributed by atoms with van der Waals surface area (Å²) >= 11 is 8.93. The molecule has 0 saturated carbocycles. The Labute approximate surface area is 148 Å². The van der Waals surface area contributed by atoms with E-state index in [1.165, 1.54) is 0 Å². The zero-order valence-electron chi connectivity index (χ0n) is 12.1. The molecule has 0 aliphatic rings. The highest BCUT2D eigenvalue weighted by atomic mass is 35.5. The second kappa shape index (κ2) is 13.1. The zero-order chi connectivity index (χ0) is 12.8. The highest BCUT2D eigenvalue weighted by Gasteiger charge is 2.15. The van der Waals surface area contributed by atoms with Crippen molar-refractivity contribution in [3.8, 4) is 0 Å². The minimum Gasteiger partial charge on any atom is -0.329 e. The minimum absolute atomic E-state index is 0. The van der Waals surface area contributed by atoms with Gasteiger partial charge >= 0.3 is 0 Å². The average molecular weight is 375 g/mol. The number of hydrogen-bond donors (Lipinski definition) is 5. The summed E-state index contributed by atoms with van der Waals surface area (Å²) in [6.07, 6.45) is 0. The smallest absolute Gasteiger partial charge is 0.0315 e. The molecule has 0 saturated heterocycles. The van der Waals surface area contributed by atoms with Crippen LogP contribution in [-0.4, -0.2) is 41.7 Å². The van der Waals surface area contributed by atoms with Gasteiger partial charge in [-0.05, 0) is 27.7 Å². The summed E-state index contributed by atoms with van der Waals surface area (Å²) in [4.78, 5) is 0. The maximum Gasteiger partial charge on any atom is 0.0315 e. The van der Waals surface area contributed by atoms with Crippen molar-refractivity contribution in [2.75, 3.05) is 26.2 Å². The zero-order valence-corrected chi connectivity index (χ0v) is 16.3. The van der Waals surface area contributed by atoms with Gasteiger partial charge in [0.1, 0.15) is 0 Å². The van der Waals surface area contributed by atoms with E-state index in [9.17, 15) is 0 Å². The van der Waals surface area contributed by atoms with Crippen LogP contribution in [0, 0.1) is 0 Å². The van der Waals surface area contributed by atoms with Crippen LogP contribution in [0.5, 0.6) is 0 Å². The summed E-state index contributed by atoms with van der Waals surface area (Å²) in [5.74, 6) is 0. The second-order valence-electron chi connectivity index (χ2n) is 5.57. The van der Waals surface area contributed by atoms with Crippen LogP contribution in [0.25, 0.3) is 0 Å². The third-order valence-corrected chi connectivity index (χ3v) is 2.37. The Morgan fingerprint density at radius 3 is 1.68 bits per heavy atom. The normalized spacial score (nSPS) is 12.8. The molecule has 0 radical (unpaired) electrons. The number of halogens is 3. The predicted molar refractivity (Wildman–Crippen MR) is 102 cm³/mol. The van der Waals surface area contributed by atoms with Crippen LogP contribution in [-0.2, 0) is 0 Å². The Hall–Kier alpha value is 1.45.